The fourth-order valence-corrected chi connectivity index (χ4v) is 2.59. The van der Waals surface area contributed by atoms with Crippen molar-refractivity contribution in [2.75, 3.05) is 5.32 Å². The van der Waals surface area contributed by atoms with Crippen molar-refractivity contribution in [3.8, 4) is 11.8 Å². The van der Waals surface area contributed by atoms with Gasteiger partial charge in [-0.15, -0.1) is 0 Å². The maximum atomic E-state index is 13.3. The molecular formula is C20H14F5N3. The third-order valence-corrected chi connectivity index (χ3v) is 3.90. The quantitative estimate of drug-likeness (QED) is 0.495. The summed E-state index contributed by atoms with van der Waals surface area (Å²) >= 11 is 0. The Morgan fingerprint density at radius 3 is 2.50 bits per heavy atom. The summed E-state index contributed by atoms with van der Waals surface area (Å²) in [4.78, 5) is 8.11. The SMILES string of the molecule is CC(CC#Cc1ccc(F)cc1C(F)(F)F)Nc1ncnc2cc(F)ccc12. The zero-order chi connectivity index (χ0) is 20.3. The number of nitrogens with zero attached hydrogens (tertiary/aromatic N) is 2. The Kier molecular flexibility index (Phi) is 5.45. The topological polar surface area (TPSA) is 37.8 Å². The number of hydrogen-bond donors (Lipinski definition) is 1. The predicted molar refractivity (Wildman–Crippen MR) is 95.5 cm³/mol. The van der Waals surface area contributed by atoms with Gasteiger partial charge in [0.25, 0.3) is 0 Å². The average Bonchev–Trinajstić information content (AvgIpc) is 2.62. The third kappa shape index (κ3) is 4.55. The summed E-state index contributed by atoms with van der Waals surface area (Å²) in [6.45, 7) is 1.78. The molecule has 0 saturated heterocycles. The first-order chi connectivity index (χ1) is 13.2. The molecule has 1 unspecified atom stereocenters. The highest BCUT2D eigenvalue weighted by Gasteiger charge is 2.33. The second-order valence-corrected chi connectivity index (χ2v) is 6.12. The monoisotopic (exact) mass is 391 g/mol. The van der Waals surface area contributed by atoms with Gasteiger partial charge in [-0.2, -0.15) is 13.2 Å². The van der Waals surface area contributed by atoms with Gasteiger partial charge < -0.3 is 5.32 Å². The van der Waals surface area contributed by atoms with Crippen molar-refractivity contribution in [2.24, 2.45) is 0 Å². The molecule has 3 nitrogen and oxygen atoms in total. The van der Waals surface area contributed by atoms with Crippen molar-refractivity contribution in [3.63, 3.8) is 0 Å². The van der Waals surface area contributed by atoms with Gasteiger partial charge in [-0.3, -0.25) is 0 Å². The maximum absolute atomic E-state index is 13.3. The highest BCUT2D eigenvalue weighted by Crippen LogP contribution is 2.32. The van der Waals surface area contributed by atoms with E-state index in [1.54, 1.807) is 13.0 Å². The summed E-state index contributed by atoms with van der Waals surface area (Å²) < 4.78 is 65.4. The zero-order valence-corrected chi connectivity index (χ0v) is 14.6. The number of nitrogens with one attached hydrogen (secondary N) is 1. The molecule has 0 radical (unpaired) electrons. The normalized spacial score (nSPS) is 12.4. The van der Waals surface area contributed by atoms with Crippen LogP contribution in [0.1, 0.15) is 24.5 Å². The van der Waals surface area contributed by atoms with E-state index in [0.717, 1.165) is 12.1 Å². The number of hydrogen-bond acceptors (Lipinski definition) is 3. The first-order valence-corrected chi connectivity index (χ1v) is 8.26. The van der Waals surface area contributed by atoms with E-state index in [9.17, 15) is 22.0 Å². The van der Waals surface area contributed by atoms with Crippen LogP contribution in [0.4, 0.5) is 27.8 Å². The van der Waals surface area contributed by atoms with Crippen molar-refractivity contribution in [3.05, 3.63) is 65.5 Å². The van der Waals surface area contributed by atoms with E-state index in [-0.39, 0.29) is 18.0 Å². The summed E-state index contributed by atoms with van der Waals surface area (Å²) in [5.74, 6) is 4.20. The van der Waals surface area contributed by atoms with Crippen LogP contribution in [0.3, 0.4) is 0 Å². The summed E-state index contributed by atoms with van der Waals surface area (Å²) in [7, 11) is 0. The van der Waals surface area contributed by atoms with Gasteiger partial charge in [-0.25, -0.2) is 18.7 Å². The lowest BCUT2D eigenvalue weighted by atomic mass is 10.1. The van der Waals surface area contributed by atoms with Gasteiger partial charge in [-0.05, 0) is 37.3 Å². The molecule has 0 aliphatic carbocycles. The molecule has 1 aromatic heterocycles. The molecule has 0 aliphatic heterocycles. The molecule has 8 heteroatoms. The van der Waals surface area contributed by atoms with E-state index in [1.807, 2.05) is 0 Å². The van der Waals surface area contributed by atoms with Crippen LogP contribution in [0.25, 0.3) is 10.9 Å². The van der Waals surface area contributed by atoms with Crippen LogP contribution in [-0.2, 0) is 6.18 Å². The summed E-state index contributed by atoms with van der Waals surface area (Å²) in [6.07, 6.45) is -3.19. The lowest BCUT2D eigenvalue weighted by Gasteiger charge is -2.13. The van der Waals surface area contributed by atoms with Crippen LogP contribution in [0.5, 0.6) is 0 Å². The smallest absolute Gasteiger partial charge is 0.366 e. The van der Waals surface area contributed by atoms with Gasteiger partial charge in [0.2, 0.25) is 0 Å². The Morgan fingerprint density at radius 1 is 1.04 bits per heavy atom. The molecule has 0 bridgehead atoms. The molecule has 28 heavy (non-hydrogen) atoms. The van der Waals surface area contributed by atoms with Crippen molar-refractivity contribution < 1.29 is 22.0 Å². The van der Waals surface area contributed by atoms with E-state index in [1.165, 1.54) is 18.5 Å². The first kappa shape index (κ1) is 19.5. The Morgan fingerprint density at radius 2 is 1.75 bits per heavy atom. The molecular weight excluding hydrogens is 377 g/mol. The molecule has 0 amide bonds. The van der Waals surface area contributed by atoms with Gasteiger partial charge in [0.1, 0.15) is 23.8 Å². The Balaban J connectivity index is 1.76. The maximum Gasteiger partial charge on any atom is 0.417 e. The Labute approximate surface area is 157 Å². The van der Waals surface area contributed by atoms with Gasteiger partial charge in [0.05, 0.1) is 11.1 Å². The van der Waals surface area contributed by atoms with Crippen molar-refractivity contribution in [1.82, 2.24) is 9.97 Å². The number of benzene rings is 2. The molecule has 3 aromatic rings. The Hall–Kier alpha value is -3.21. The minimum Gasteiger partial charge on any atom is -0.366 e. The van der Waals surface area contributed by atoms with Gasteiger partial charge in [0.15, 0.2) is 0 Å². The zero-order valence-electron chi connectivity index (χ0n) is 14.6. The molecule has 1 heterocycles. The van der Waals surface area contributed by atoms with Crippen LogP contribution in [0.15, 0.2) is 42.7 Å². The standard InChI is InChI=1S/C20H14F5N3/c1-12(28-19-16-8-7-15(22)10-18(16)26-11-27-19)3-2-4-13-5-6-14(21)9-17(13)20(23,24)25/h5-12H,3H2,1H3,(H,26,27,28). The highest BCUT2D eigenvalue weighted by molar-refractivity contribution is 5.88. The van der Waals surface area contributed by atoms with Crippen molar-refractivity contribution >= 4 is 16.7 Å². The molecule has 1 atom stereocenters. The second kappa shape index (κ2) is 7.80. The summed E-state index contributed by atoms with van der Waals surface area (Å²) in [6, 6.07) is 6.22. The van der Waals surface area contributed by atoms with Crippen molar-refractivity contribution in [2.45, 2.75) is 25.6 Å². The molecule has 0 saturated carbocycles. The summed E-state index contributed by atoms with van der Waals surface area (Å²) in [5.41, 5.74) is -0.967. The molecule has 2 aromatic carbocycles. The van der Waals surface area contributed by atoms with Gasteiger partial charge in [-0.1, -0.05) is 11.8 Å². The lowest BCUT2D eigenvalue weighted by molar-refractivity contribution is -0.137. The van der Waals surface area contributed by atoms with Crippen LogP contribution in [0, 0.1) is 23.5 Å². The predicted octanol–water partition coefficient (Wildman–Crippen LogP) is 5.17. The number of rotatable bonds is 3. The number of alkyl halides is 3. The minimum absolute atomic E-state index is 0.210. The van der Waals surface area contributed by atoms with Crippen LogP contribution in [0.2, 0.25) is 0 Å². The molecule has 0 spiro atoms. The molecule has 0 fully saturated rings. The lowest BCUT2D eigenvalue weighted by Crippen LogP contribution is -2.15. The number of fused-ring (bicyclic) bond motifs is 1. The van der Waals surface area contributed by atoms with E-state index in [2.05, 4.69) is 27.1 Å². The summed E-state index contributed by atoms with van der Waals surface area (Å²) in [5, 5.41) is 3.70. The largest absolute Gasteiger partial charge is 0.417 e. The first-order valence-electron chi connectivity index (χ1n) is 8.26. The van der Waals surface area contributed by atoms with Gasteiger partial charge in [0, 0.05) is 29.5 Å². The molecule has 3 rings (SSSR count). The fourth-order valence-electron chi connectivity index (χ4n) is 2.59. The van der Waals surface area contributed by atoms with E-state index in [4.69, 9.17) is 0 Å². The number of aromatic nitrogens is 2. The van der Waals surface area contributed by atoms with E-state index in [0.29, 0.717) is 22.8 Å². The third-order valence-electron chi connectivity index (χ3n) is 3.90. The van der Waals surface area contributed by atoms with Crippen LogP contribution < -0.4 is 5.32 Å². The van der Waals surface area contributed by atoms with E-state index >= 15 is 0 Å². The molecule has 1 N–H and O–H groups in total. The van der Waals surface area contributed by atoms with Gasteiger partial charge >= 0.3 is 6.18 Å². The molecule has 144 valence electrons. The minimum atomic E-state index is -4.69. The average molecular weight is 391 g/mol. The second-order valence-electron chi connectivity index (χ2n) is 6.12. The number of halogens is 5. The highest BCUT2D eigenvalue weighted by atomic mass is 19.4. The van der Waals surface area contributed by atoms with Crippen LogP contribution in [-0.4, -0.2) is 16.0 Å². The van der Waals surface area contributed by atoms with E-state index < -0.39 is 23.4 Å². The number of anilines is 1. The van der Waals surface area contributed by atoms with Crippen LogP contribution >= 0.6 is 0 Å². The van der Waals surface area contributed by atoms with Crippen molar-refractivity contribution in [1.29, 1.82) is 0 Å². The Bertz CT molecular complexity index is 1070. The fraction of sp³-hybridized carbons (Fsp3) is 0.200. The molecule has 0 aliphatic rings.